The number of pyridine rings is 1. The Morgan fingerprint density at radius 2 is 1.95 bits per heavy atom. The molecule has 0 saturated carbocycles. The summed E-state index contributed by atoms with van der Waals surface area (Å²) in [6.07, 6.45) is 2.67. The maximum Gasteiger partial charge on any atom is 0.123 e. The molecule has 3 nitrogen and oxygen atoms in total. The zero-order valence-electron chi connectivity index (χ0n) is 10.4. The van der Waals surface area contributed by atoms with E-state index in [-0.39, 0.29) is 5.82 Å². The smallest absolute Gasteiger partial charge is 0.123 e. The summed E-state index contributed by atoms with van der Waals surface area (Å²) < 4.78 is 18.2. The second kappa shape index (κ2) is 6.99. The predicted molar refractivity (Wildman–Crippen MR) is 75.9 cm³/mol. The molecule has 0 aliphatic heterocycles. The molecule has 0 radical (unpaired) electrons. The molecule has 1 heterocycles. The minimum absolute atomic E-state index is 0.251. The normalized spacial score (nSPS) is 10.4. The number of aromatic nitrogens is 1. The number of nitrogens with zero attached hydrogens (tertiary/aromatic N) is 1. The second-order valence-corrected chi connectivity index (χ2v) is 5.09. The third-order valence-corrected chi connectivity index (χ3v) is 3.47. The van der Waals surface area contributed by atoms with Crippen molar-refractivity contribution in [3.63, 3.8) is 0 Å². The van der Waals surface area contributed by atoms with Crippen molar-refractivity contribution in [3.05, 3.63) is 48.4 Å². The molecule has 2 N–H and O–H groups in total. The van der Waals surface area contributed by atoms with Gasteiger partial charge in [0.1, 0.15) is 17.4 Å². The molecule has 1 aromatic carbocycles. The lowest BCUT2D eigenvalue weighted by molar-refractivity contribution is 0.318. The molecule has 0 saturated heterocycles. The molecule has 0 aliphatic carbocycles. The molecule has 0 atom stereocenters. The first-order valence-electron chi connectivity index (χ1n) is 5.97. The van der Waals surface area contributed by atoms with Gasteiger partial charge in [0.25, 0.3) is 0 Å². The van der Waals surface area contributed by atoms with Crippen LogP contribution in [0.1, 0.15) is 6.42 Å². The highest BCUT2D eigenvalue weighted by molar-refractivity contribution is 7.99. The predicted octanol–water partition coefficient (Wildman–Crippen LogP) is 3.36. The Hall–Kier alpha value is -1.75. The summed E-state index contributed by atoms with van der Waals surface area (Å²) in [5.41, 5.74) is 5.51. The largest absolute Gasteiger partial charge is 0.494 e. The average Bonchev–Trinajstić information content (AvgIpc) is 2.43. The first-order valence-corrected chi connectivity index (χ1v) is 6.95. The maximum atomic E-state index is 12.7. The summed E-state index contributed by atoms with van der Waals surface area (Å²) in [4.78, 5) is 5.12. The van der Waals surface area contributed by atoms with Crippen molar-refractivity contribution < 1.29 is 9.13 Å². The molecule has 0 aliphatic rings. The van der Waals surface area contributed by atoms with E-state index < -0.39 is 0 Å². The van der Waals surface area contributed by atoms with Crippen LogP contribution in [-0.2, 0) is 0 Å². The third kappa shape index (κ3) is 4.79. The number of hydrogen-bond donors (Lipinski definition) is 1. The topological polar surface area (TPSA) is 48.1 Å². The highest BCUT2D eigenvalue weighted by Gasteiger charge is 1.97. The fraction of sp³-hybridized carbons (Fsp3) is 0.214. The van der Waals surface area contributed by atoms with Crippen LogP contribution in [0.5, 0.6) is 5.75 Å². The van der Waals surface area contributed by atoms with E-state index in [0.717, 1.165) is 17.1 Å². The van der Waals surface area contributed by atoms with Crippen LogP contribution in [0.2, 0.25) is 0 Å². The van der Waals surface area contributed by atoms with Crippen LogP contribution in [-0.4, -0.2) is 17.3 Å². The fourth-order valence-corrected chi connectivity index (χ4v) is 2.24. The van der Waals surface area contributed by atoms with Crippen molar-refractivity contribution >= 4 is 17.6 Å². The van der Waals surface area contributed by atoms with E-state index in [1.54, 1.807) is 36.2 Å². The van der Waals surface area contributed by atoms with Gasteiger partial charge in [-0.1, -0.05) is 0 Å². The van der Waals surface area contributed by atoms with Gasteiger partial charge in [-0.05, 0) is 42.8 Å². The number of rotatable bonds is 6. The molecule has 0 spiro atoms. The van der Waals surface area contributed by atoms with Crippen LogP contribution in [0.25, 0.3) is 0 Å². The highest BCUT2D eigenvalue weighted by Crippen LogP contribution is 2.18. The molecule has 0 unspecified atom stereocenters. The van der Waals surface area contributed by atoms with E-state index in [0.29, 0.717) is 18.2 Å². The quantitative estimate of drug-likeness (QED) is 0.650. The minimum Gasteiger partial charge on any atom is -0.494 e. The fourth-order valence-electron chi connectivity index (χ4n) is 1.45. The molecule has 0 bridgehead atoms. The van der Waals surface area contributed by atoms with Crippen LogP contribution in [0, 0.1) is 5.82 Å². The number of halogens is 1. The number of ether oxygens (including phenoxy) is 1. The molecule has 0 fully saturated rings. The molecular weight excluding hydrogens is 263 g/mol. The Kier molecular flexibility index (Phi) is 5.03. The lowest BCUT2D eigenvalue weighted by atomic mass is 10.3. The molecule has 2 rings (SSSR count). The number of benzene rings is 1. The van der Waals surface area contributed by atoms with Gasteiger partial charge in [-0.25, -0.2) is 9.37 Å². The lowest BCUT2D eigenvalue weighted by Gasteiger charge is -2.06. The summed E-state index contributed by atoms with van der Waals surface area (Å²) in [5.74, 6) is 1.91. The van der Waals surface area contributed by atoms with E-state index >= 15 is 0 Å². The second-order valence-electron chi connectivity index (χ2n) is 3.92. The Balaban J connectivity index is 1.64. The van der Waals surface area contributed by atoms with Gasteiger partial charge in [0.05, 0.1) is 6.61 Å². The first-order chi connectivity index (χ1) is 9.24. The SMILES string of the molecule is Nc1ccc(SCCCOc2ccc(F)cc2)cn1. The number of anilines is 1. The van der Waals surface area contributed by atoms with E-state index in [1.165, 1.54) is 12.1 Å². The maximum absolute atomic E-state index is 12.7. The number of nitrogen functional groups attached to an aromatic ring is 1. The number of thioether (sulfide) groups is 1. The van der Waals surface area contributed by atoms with Crippen LogP contribution < -0.4 is 10.5 Å². The molecular formula is C14H15FN2OS. The molecule has 2 aromatic rings. The minimum atomic E-state index is -0.251. The Labute approximate surface area is 116 Å². The summed E-state index contributed by atoms with van der Waals surface area (Å²) in [6.45, 7) is 0.612. The van der Waals surface area contributed by atoms with Gasteiger partial charge in [0.15, 0.2) is 0 Å². The summed E-state index contributed by atoms with van der Waals surface area (Å²) >= 11 is 1.71. The third-order valence-electron chi connectivity index (χ3n) is 2.40. The van der Waals surface area contributed by atoms with Gasteiger partial charge < -0.3 is 10.5 Å². The van der Waals surface area contributed by atoms with Gasteiger partial charge in [-0.3, -0.25) is 0 Å². The molecule has 100 valence electrons. The van der Waals surface area contributed by atoms with Crippen molar-refractivity contribution in [2.45, 2.75) is 11.3 Å². The number of nitrogens with two attached hydrogens (primary N) is 1. The van der Waals surface area contributed by atoms with Crippen molar-refractivity contribution in [2.75, 3.05) is 18.1 Å². The van der Waals surface area contributed by atoms with Crippen LogP contribution in [0.15, 0.2) is 47.5 Å². The standard InChI is InChI=1S/C14H15FN2OS/c15-11-2-4-12(5-3-11)18-8-1-9-19-13-6-7-14(16)17-10-13/h2-7,10H,1,8-9H2,(H2,16,17). The summed E-state index contributed by atoms with van der Waals surface area (Å²) in [7, 11) is 0. The van der Waals surface area contributed by atoms with E-state index in [9.17, 15) is 4.39 Å². The van der Waals surface area contributed by atoms with Crippen molar-refractivity contribution in [2.24, 2.45) is 0 Å². The van der Waals surface area contributed by atoms with Gasteiger partial charge in [-0.15, -0.1) is 11.8 Å². The Morgan fingerprint density at radius 3 is 2.63 bits per heavy atom. The first kappa shape index (κ1) is 13.7. The zero-order valence-corrected chi connectivity index (χ0v) is 11.2. The molecule has 5 heteroatoms. The van der Waals surface area contributed by atoms with E-state index in [2.05, 4.69) is 4.98 Å². The average molecular weight is 278 g/mol. The van der Waals surface area contributed by atoms with Crippen molar-refractivity contribution in [3.8, 4) is 5.75 Å². The lowest BCUT2D eigenvalue weighted by Crippen LogP contribution is -1.98. The molecule has 1 aromatic heterocycles. The van der Waals surface area contributed by atoms with Gasteiger partial charge in [0.2, 0.25) is 0 Å². The van der Waals surface area contributed by atoms with Gasteiger partial charge >= 0.3 is 0 Å². The van der Waals surface area contributed by atoms with Gasteiger partial charge in [-0.2, -0.15) is 0 Å². The van der Waals surface area contributed by atoms with Crippen molar-refractivity contribution in [1.29, 1.82) is 0 Å². The summed E-state index contributed by atoms with van der Waals surface area (Å²) in [5, 5.41) is 0. The van der Waals surface area contributed by atoms with Crippen LogP contribution >= 0.6 is 11.8 Å². The summed E-state index contributed by atoms with van der Waals surface area (Å²) in [6, 6.07) is 9.79. The number of hydrogen-bond acceptors (Lipinski definition) is 4. The van der Waals surface area contributed by atoms with Crippen LogP contribution in [0.3, 0.4) is 0 Å². The Morgan fingerprint density at radius 1 is 1.16 bits per heavy atom. The van der Waals surface area contributed by atoms with Gasteiger partial charge in [0, 0.05) is 16.8 Å². The highest BCUT2D eigenvalue weighted by atomic mass is 32.2. The van der Waals surface area contributed by atoms with Crippen LogP contribution in [0.4, 0.5) is 10.2 Å². The monoisotopic (exact) mass is 278 g/mol. The molecule has 0 amide bonds. The zero-order chi connectivity index (χ0) is 13.5. The Bertz CT molecular complexity index is 454. The van der Waals surface area contributed by atoms with E-state index in [1.807, 2.05) is 6.07 Å². The van der Waals surface area contributed by atoms with E-state index in [4.69, 9.17) is 10.5 Å². The molecule has 19 heavy (non-hydrogen) atoms. The van der Waals surface area contributed by atoms with Crippen molar-refractivity contribution in [1.82, 2.24) is 4.98 Å².